The molecule has 0 bridgehead atoms. The Bertz CT molecular complexity index is 495. The Morgan fingerprint density at radius 1 is 0.867 bits per heavy atom. The number of nitrogens with two attached hydrogens (primary N) is 1. The topological polar surface area (TPSA) is 26.0 Å². The van der Waals surface area contributed by atoms with E-state index in [-0.39, 0.29) is 0 Å². The highest BCUT2D eigenvalue weighted by Gasteiger charge is 2.04. The van der Waals surface area contributed by atoms with Crippen LogP contribution >= 0.6 is 23.2 Å². The molecule has 2 aromatic rings. The third kappa shape index (κ3) is 2.09. The summed E-state index contributed by atoms with van der Waals surface area (Å²) < 4.78 is 0. The van der Waals surface area contributed by atoms with E-state index in [1.807, 2.05) is 36.4 Å². The summed E-state index contributed by atoms with van der Waals surface area (Å²) in [6, 6.07) is 13.1. The minimum Gasteiger partial charge on any atom is -0.398 e. The number of nitrogen functional groups attached to an aromatic ring is 1. The lowest BCUT2D eigenvalue weighted by Crippen LogP contribution is -1.86. The van der Waals surface area contributed by atoms with Crippen LogP contribution in [0, 0.1) is 0 Å². The van der Waals surface area contributed by atoms with Gasteiger partial charge in [0.25, 0.3) is 0 Å². The Labute approximate surface area is 98.4 Å². The Morgan fingerprint density at radius 2 is 1.60 bits per heavy atom. The Morgan fingerprint density at radius 3 is 2.27 bits per heavy atom. The van der Waals surface area contributed by atoms with Gasteiger partial charge in [0, 0.05) is 10.6 Å². The van der Waals surface area contributed by atoms with Crippen molar-refractivity contribution >= 4 is 28.9 Å². The van der Waals surface area contributed by atoms with Crippen LogP contribution in [0.5, 0.6) is 0 Å². The molecule has 0 fully saturated rings. The third-order valence-electron chi connectivity index (χ3n) is 2.19. The largest absolute Gasteiger partial charge is 0.398 e. The molecule has 2 aromatic carbocycles. The highest BCUT2D eigenvalue weighted by molar-refractivity contribution is 6.34. The second-order valence-corrected chi connectivity index (χ2v) is 4.03. The van der Waals surface area contributed by atoms with E-state index in [1.165, 1.54) is 0 Å². The first-order chi connectivity index (χ1) is 7.18. The lowest BCUT2D eigenvalue weighted by molar-refractivity contribution is 1.61. The summed E-state index contributed by atoms with van der Waals surface area (Å²) in [7, 11) is 0. The molecular weight excluding hydrogens is 229 g/mol. The standard InChI is InChI=1S/C12H9Cl2N/c13-10-4-2-1-3-9(10)8-5-6-12(15)11(14)7-8/h1-7H,15H2. The van der Waals surface area contributed by atoms with E-state index in [2.05, 4.69) is 0 Å². The second-order valence-electron chi connectivity index (χ2n) is 3.22. The summed E-state index contributed by atoms with van der Waals surface area (Å²) in [4.78, 5) is 0. The summed E-state index contributed by atoms with van der Waals surface area (Å²) in [5.74, 6) is 0. The van der Waals surface area contributed by atoms with E-state index < -0.39 is 0 Å². The Kier molecular flexibility index (Phi) is 2.85. The normalized spacial score (nSPS) is 10.3. The molecule has 0 unspecified atom stereocenters. The van der Waals surface area contributed by atoms with E-state index in [1.54, 1.807) is 6.07 Å². The first-order valence-electron chi connectivity index (χ1n) is 4.48. The van der Waals surface area contributed by atoms with Crippen LogP contribution in [0.2, 0.25) is 10.0 Å². The highest BCUT2D eigenvalue weighted by Crippen LogP contribution is 2.31. The maximum atomic E-state index is 6.08. The molecule has 0 aromatic heterocycles. The van der Waals surface area contributed by atoms with Crippen LogP contribution in [0.15, 0.2) is 42.5 Å². The Balaban J connectivity index is 2.55. The molecule has 2 N–H and O–H groups in total. The lowest BCUT2D eigenvalue weighted by atomic mass is 10.1. The number of hydrogen-bond acceptors (Lipinski definition) is 1. The van der Waals surface area contributed by atoms with Crippen molar-refractivity contribution in [1.82, 2.24) is 0 Å². The maximum Gasteiger partial charge on any atom is 0.0641 e. The molecule has 0 aliphatic heterocycles. The highest BCUT2D eigenvalue weighted by atomic mass is 35.5. The van der Waals surface area contributed by atoms with Gasteiger partial charge in [0.2, 0.25) is 0 Å². The molecule has 0 saturated heterocycles. The molecule has 1 nitrogen and oxygen atoms in total. The molecule has 0 spiro atoms. The average molecular weight is 238 g/mol. The van der Waals surface area contributed by atoms with Gasteiger partial charge in [-0.15, -0.1) is 0 Å². The maximum absolute atomic E-state index is 6.08. The second kappa shape index (κ2) is 4.13. The van der Waals surface area contributed by atoms with Gasteiger partial charge in [-0.2, -0.15) is 0 Å². The quantitative estimate of drug-likeness (QED) is 0.738. The molecule has 0 atom stereocenters. The predicted octanol–water partition coefficient (Wildman–Crippen LogP) is 4.24. The van der Waals surface area contributed by atoms with Crippen LogP contribution in [0.25, 0.3) is 11.1 Å². The fraction of sp³-hybridized carbons (Fsp3) is 0. The van der Waals surface area contributed by atoms with Gasteiger partial charge in [0.15, 0.2) is 0 Å². The van der Waals surface area contributed by atoms with Crippen molar-refractivity contribution in [1.29, 1.82) is 0 Å². The summed E-state index contributed by atoms with van der Waals surface area (Å²) in [6.45, 7) is 0. The van der Waals surface area contributed by atoms with Crippen molar-refractivity contribution in [3.63, 3.8) is 0 Å². The van der Waals surface area contributed by atoms with Gasteiger partial charge >= 0.3 is 0 Å². The van der Waals surface area contributed by atoms with Crippen LogP contribution in [-0.2, 0) is 0 Å². The third-order valence-corrected chi connectivity index (χ3v) is 2.84. The van der Waals surface area contributed by atoms with Gasteiger partial charge in [0.05, 0.1) is 10.7 Å². The van der Waals surface area contributed by atoms with Crippen LogP contribution in [-0.4, -0.2) is 0 Å². The number of halogens is 2. The van der Waals surface area contributed by atoms with Gasteiger partial charge in [-0.25, -0.2) is 0 Å². The summed E-state index contributed by atoms with van der Waals surface area (Å²) in [5, 5.41) is 1.26. The van der Waals surface area contributed by atoms with Gasteiger partial charge in [-0.1, -0.05) is 47.5 Å². The van der Waals surface area contributed by atoms with Crippen molar-refractivity contribution in [3.8, 4) is 11.1 Å². The van der Waals surface area contributed by atoms with Crippen LogP contribution in [0.4, 0.5) is 5.69 Å². The number of benzene rings is 2. The SMILES string of the molecule is Nc1ccc(-c2ccccc2Cl)cc1Cl. The summed E-state index contributed by atoms with van der Waals surface area (Å²) >= 11 is 12.0. The number of rotatable bonds is 1. The zero-order chi connectivity index (χ0) is 10.8. The van der Waals surface area contributed by atoms with Crippen LogP contribution in [0.3, 0.4) is 0 Å². The van der Waals surface area contributed by atoms with E-state index in [9.17, 15) is 0 Å². The van der Waals surface area contributed by atoms with Crippen molar-refractivity contribution in [2.75, 3.05) is 5.73 Å². The minimum absolute atomic E-state index is 0.549. The fourth-order valence-corrected chi connectivity index (χ4v) is 1.82. The van der Waals surface area contributed by atoms with Crippen LogP contribution < -0.4 is 5.73 Å². The molecular formula is C12H9Cl2N. The van der Waals surface area contributed by atoms with Crippen molar-refractivity contribution < 1.29 is 0 Å². The fourth-order valence-electron chi connectivity index (χ4n) is 1.39. The molecule has 0 heterocycles. The van der Waals surface area contributed by atoms with Gasteiger partial charge in [-0.05, 0) is 23.8 Å². The molecule has 0 amide bonds. The molecule has 0 saturated carbocycles. The van der Waals surface area contributed by atoms with E-state index in [0.717, 1.165) is 11.1 Å². The monoisotopic (exact) mass is 237 g/mol. The van der Waals surface area contributed by atoms with Crippen molar-refractivity contribution in [2.24, 2.45) is 0 Å². The summed E-state index contributed by atoms with van der Waals surface area (Å²) in [6.07, 6.45) is 0. The van der Waals surface area contributed by atoms with E-state index >= 15 is 0 Å². The summed E-state index contributed by atoms with van der Waals surface area (Å²) in [5.41, 5.74) is 8.15. The van der Waals surface area contributed by atoms with E-state index in [0.29, 0.717) is 15.7 Å². The minimum atomic E-state index is 0.549. The predicted molar refractivity (Wildman–Crippen MR) is 66.3 cm³/mol. The number of hydrogen-bond donors (Lipinski definition) is 1. The average Bonchev–Trinajstić information content (AvgIpc) is 2.23. The molecule has 2 rings (SSSR count). The van der Waals surface area contributed by atoms with Crippen molar-refractivity contribution in [3.05, 3.63) is 52.5 Å². The zero-order valence-electron chi connectivity index (χ0n) is 7.87. The first-order valence-corrected chi connectivity index (χ1v) is 5.24. The Hall–Kier alpha value is -1.18. The smallest absolute Gasteiger partial charge is 0.0641 e. The molecule has 0 aliphatic carbocycles. The first kappa shape index (κ1) is 10.3. The molecule has 15 heavy (non-hydrogen) atoms. The van der Waals surface area contributed by atoms with Crippen molar-refractivity contribution in [2.45, 2.75) is 0 Å². The van der Waals surface area contributed by atoms with Gasteiger partial charge in [-0.3, -0.25) is 0 Å². The number of anilines is 1. The molecule has 0 aliphatic rings. The lowest BCUT2D eigenvalue weighted by Gasteiger charge is -2.05. The van der Waals surface area contributed by atoms with E-state index in [4.69, 9.17) is 28.9 Å². The zero-order valence-corrected chi connectivity index (χ0v) is 9.39. The van der Waals surface area contributed by atoms with Gasteiger partial charge < -0.3 is 5.73 Å². The molecule has 0 radical (unpaired) electrons. The molecule has 76 valence electrons. The molecule has 3 heteroatoms. The van der Waals surface area contributed by atoms with Gasteiger partial charge in [0.1, 0.15) is 0 Å². The van der Waals surface area contributed by atoms with Crippen LogP contribution in [0.1, 0.15) is 0 Å².